The van der Waals surface area contributed by atoms with Crippen molar-refractivity contribution >= 4 is 169 Å². The Balaban J connectivity index is 0.959. The molecule has 10 aromatic carbocycles. The first-order chi connectivity index (χ1) is 40.8. The van der Waals surface area contributed by atoms with Crippen molar-refractivity contribution in [3.05, 3.63) is 243 Å². The number of nitrogens with zero attached hydrogens (tertiary/aromatic N) is 6. The Kier molecular flexibility index (Phi) is 10.7. The van der Waals surface area contributed by atoms with E-state index in [1.165, 1.54) is 75.0 Å². The van der Waals surface area contributed by atoms with Crippen molar-refractivity contribution < 1.29 is 4.42 Å². The van der Waals surface area contributed by atoms with Gasteiger partial charge < -0.3 is 33.8 Å². The normalized spacial score (nSPS) is 13.4. The van der Waals surface area contributed by atoms with Crippen LogP contribution in [0.4, 0.5) is 79.6 Å². The van der Waals surface area contributed by atoms with Gasteiger partial charge in [-0.05, 0) is 118 Å². The van der Waals surface area contributed by atoms with Gasteiger partial charge in [-0.1, -0.05) is 146 Å². The van der Waals surface area contributed by atoms with Gasteiger partial charge in [0.2, 0.25) is 0 Å². The van der Waals surface area contributed by atoms with E-state index in [9.17, 15) is 0 Å². The summed E-state index contributed by atoms with van der Waals surface area (Å²) in [5, 5.41) is 2.21. The van der Waals surface area contributed by atoms with E-state index >= 15 is 0 Å². The smallest absolute Gasteiger partial charge is 0.264 e. The Hall–Kier alpha value is -9.67. The van der Waals surface area contributed by atoms with Crippen LogP contribution < -0.4 is 60.8 Å². The zero-order valence-corrected chi connectivity index (χ0v) is 47.8. The molecule has 0 fully saturated rings. The lowest BCUT2D eigenvalue weighted by molar-refractivity contribution is 0.669. The van der Waals surface area contributed by atoms with Crippen LogP contribution in [0.2, 0.25) is 0 Å². The molecule has 0 N–H and O–H groups in total. The minimum absolute atomic E-state index is 0.0862. The predicted molar refractivity (Wildman–Crippen MR) is 357 cm³/mol. The van der Waals surface area contributed by atoms with Crippen molar-refractivity contribution in [3.63, 3.8) is 0 Å². The van der Waals surface area contributed by atoms with Crippen molar-refractivity contribution in [2.45, 2.75) is 0 Å². The molecule has 0 saturated carbocycles. The van der Waals surface area contributed by atoms with E-state index in [0.717, 1.165) is 78.8 Å². The van der Waals surface area contributed by atoms with Crippen LogP contribution in [-0.2, 0) is 0 Å². The Bertz CT molecular complexity index is 4430. The minimum Gasteiger partial charge on any atom is -0.456 e. The molecule has 4 aliphatic rings. The van der Waals surface area contributed by atoms with Crippen molar-refractivity contribution in [1.82, 2.24) is 0 Å². The van der Waals surface area contributed by atoms with Crippen LogP contribution in [-0.4, -0.2) is 41.6 Å². The quantitative estimate of drug-likeness (QED) is 0.140. The number of fused-ring (bicyclic) bond motifs is 11. The molecule has 0 radical (unpaired) electrons. The number of furan rings is 1. The lowest BCUT2D eigenvalue weighted by Gasteiger charge is -2.43. The molecule has 3 aromatic heterocycles. The summed E-state index contributed by atoms with van der Waals surface area (Å²) in [6.07, 6.45) is 0. The summed E-state index contributed by atoms with van der Waals surface area (Å²) in [5.41, 5.74) is 25.3. The molecule has 0 bridgehead atoms. The molecule has 17 rings (SSSR count). The molecule has 4 aliphatic heterocycles. The predicted octanol–water partition coefficient (Wildman–Crippen LogP) is 15.3. The maximum Gasteiger partial charge on any atom is 0.264 e. The van der Waals surface area contributed by atoms with E-state index in [2.05, 4.69) is 300 Å². The highest BCUT2D eigenvalue weighted by Gasteiger charge is 2.48. The summed E-state index contributed by atoms with van der Waals surface area (Å²) in [6.45, 7) is -0.172. The fourth-order valence-electron chi connectivity index (χ4n) is 13.6. The van der Waals surface area contributed by atoms with Crippen molar-refractivity contribution in [3.8, 4) is 20.9 Å². The highest BCUT2D eigenvalue weighted by molar-refractivity contribution is 7.32. The van der Waals surface area contributed by atoms with Gasteiger partial charge in [0.25, 0.3) is 13.4 Å². The van der Waals surface area contributed by atoms with Crippen molar-refractivity contribution in [1.29, 1.82) is 0 Å². The van der Waals surface area contributed by atoms with Crippen LogP contribution in [0.15, 0.2) is 247 Å². The number of para-hydroxylation sites is 4. The van der Waals surface area contributed by atoms with Gasteiger partial charge in [0.1, 0.15) is 11.2 Å². The monoisotopic (exact) mass is 1100 g/mol. The fraction of sp³-hybridized carbons (Fsp3) is 0.0556. The summed E-state index contributed by atoms with van der Waals surface area (Å²) in [4.78, 5) is 17.0. The topological polar surface area (TPSA) is 32.6 Å². The van der Waals surface area contributed by atoms with Gasteiger partial charge in [-0.25, -0.2) is 0 Å². The molecule has 7 nitrogen and oxygen atoms in total. The molecule has 0 unspecified atom stereocenters. The van der Waals surface area contributed by atoms with Crippen molar-refractivity contribution in [2.75, 3.05) is 57.6 Å². The zero-order chi connectivity index (χ0) is 55.2. The Morgan fingerprint density at radius 2 is 0.627 bits per heavy atom. The molecule has 0 spiro atoms. The number of hydrogen-bond acceptors (Lipinski definition) is 9. The first kappa shape index (κ1) is 48.1. The Labute approximate surface area is 491 Å². The Morgan fingerprint density at radius 1 is 0.325 bits per heavy atom. The van der Waals surface area contributed by atoms with Crippen LogP contribution in [0.5, 0.6) is 0 Å². The molecule has 0 amide bonds. The van der Waals surface area contributed by atoms with Crippen LogP contribution >= 0.6 is 22.7 Å². The summed E-state index contributed by atoms with van der Waals surface area (Å²) >= 11 is 3.84. The number of thiophene rings is 2. The summed E-state index contributed by atoms with van der Waals surface area (Å²) in [5.74, 6) is 0. The van der Waals surface area contributed by atoms with Gasteiger partial charge in [0.05, 0.1) is 11.4 Å². The second kappa shape index (κ2) is 18.4. The summed E-state index contributed by atoms with van der Waals surface area (Å²) < 4.78 is 10.0. The third-order valence-corrected chi connectivity index (χ3v) is 19.8. The number of anilines is 14. The Morgan fingerprint density at radius 3 is 0.940 bits per heavy atom. The van der Waals surface area contributed by atoms with Gasteiger partial charge in [-0.2, -0.15) is 0 Å². The molecule has 13 aromatic rings. The van der Waals surface area contributed by atoms with E-state index in [0.29, 0.717) is 0 Å². The van der Waals surface area contributed by atoms with Crippen LogP contribution in [0.1, 0.15) is 0 Å². The van der Waals surface area contributed by atoms with E-state index in [1.807, 2.05) is 22.7 Å². The highest BCUT2D eigenvalue weighted by atomic mass is 32.1. The van der Waals surface area contributed by atoms with Crippen LogP contribution in [0.3, 0.4) is 0 Å². The standard InChI is InChI=1S/C72H52B2N6OS2/c1-75(2)51-35-59-69-61(37-51)79(49-31-19-9-20-32-49)63-43-67(45-23-11-5-12-24-45)82-71(63)73(69)55-39-53-54-40-56-58(42-66(54)81-65(53)41-57(55)77(59)47-27-15-7-16-28-47)78(48-29-17-8-18-30-48)60-36-52(76(3)4)38-62-70(60)74(56)72-64(80(62)50-33-21-10-22-34-50)44-68(83-72)46-25-13-6-14-26-46/h5-44H,1-4H3. The van der Waals surface area contributed by atoms with Gasteiger partial charge >= 0.3 is 0 Å². The summed E-state index contributed by atoms with van der Waals surface area (Å²) in [6, 6.07) is 89.7. The molecular weight excluding hydrogens is 1050 g/mol. The molecule has 11 heteroatoms. The second-order valence-electron chi connectivity index (χ2n) is 22.5. The second-order valence-corrected chi connectivity index (χ2v) is 24.7. The maximum atomic E-state index is 7.40. The molecule has 0 atom stereocenters. The average molecular weight is 1100 g/mol. The lowest BCUT2D eigenvalue weighted by Crippen LogP contribution is -2.60. The van der Waals surface area contributed by atoms with E-state index < -0.39 is 0 Å². The summed E-state index contributed by atoms with van der Waals surface area (Å²) in [7, 11) is 8.61. The maximum absolute atomic E-state index is 7.40. The molecule has 0 saturated heterocycles. The van der Waals surface area contributed by atoms with Crippen LogP contribution in [0.25, 0.3) is 42.8 Å². The van der Waals surface area contributed by atoms with Gasteiger partial charge in [-0.15, -0.1) is 22.7 Å². The first-order valence-corrected chi connectivity index (χ1v) is 30.0. The molecule has 394 valence electrons. The molecule has 7 heterocycles. The van der Waals surface area contributed by atoms with E-state index in [1.54, 1.807) is 0 Å². The lowest BCUT2D eigenvalue weighted by atomic mass is 9.36. The SMILES string of the molecule is CN(C)c1cc2c3c(c1)N(c1ccccc1)c1cc(-c4ccccc4)sc1B3c1cc3c(cc1N2c1ccccc1)oc1cc2c(cc13)B1c3sc(-c4ccccc4)cc3N(c3ccccc3)c3cc(N(C)C)cc(c31)N2c1ccccc1. The van der Waals surface area contributed by atoms with E-state index in [-0.39, 0.29) is 13.4 Å². The number of hydrogen-bond donors (Lipinski definition) is 0. The fourth-order valence-corrected chi connectivity index (χ4v) is 16.2. The van der Waals surface area contributed by atoms with Gasteiger partial charge in [0.15, 0.2) is 0 Å². The number of benzene rings is 10. The first-order valence-electron chi connectivity index (χ1n) is 28.4. The van der Waals surface area contributed by atoms with Gasteiger partial charge in [0, 0.05) is 139 Å². The van der Waals surface area contributed by atoms with Crippen LogP contribution in [0, 0.1) is 0 Å². The van der Waals surface area contributed by atoms with Gasteiger partial charge in [-0.3, -0.25) is 0 Å². The third kappa shape index (κ3) is 7.24. The highest BCUT2D eigenvalue weighted by Crippen LogP contribution is 2.52. The third-order valence-electron chi connectivity index (χ3n) is 17.3. The molecular formula is C72H52B2N6OS2. The van der Waals surface area contributed by atoms with Crippen molar-refractivity contribution in [2.24, 2.45) is 0 Å². The molecule has 0 aliphatic carbocycles. The molecule has 83 heavy (non-hydrogen) atoms. The largest absolute Gasteiger partial charge is 0.456 e. The average Bonchev–Trinajstić information content (AvgIpc) is 1.85. The minimum atomic E-state index is -0.0862. The zero-order valence-electron chi connectivity index (χ0n) is 46.2. The number of rotatable bonds is 8. The van der Waals surface area contributed by atoms with E-state index in [4.69, 9.17) is 4.42 Å².